The molecule has 0 aromatic heterocycles. The summed E-state index contributed by atoms with van der Waals surface area (Å²) >= 11 is 5.10. The van der Waals surface area contributed by atoms with E-state index in [1.807, 2.05) is 24.3 Å². The highest BCUT2D eigenvalue weighted by Gasteiger charge is 2.06. The van der Waals surface area contributed by atoms with Crippen LogP contribution in [0.15, 0.2) is 51.8 Å². The highest BCUT2D eigenvalue weighted by molar-refractivity contribution is 9.10. The largest absolute Gasteiger partial charge is 0.497 e. The van der Waals surface area contributed by atoms with E-state index in [2.05, 4.69) is 15.9 Å². The van der Waals surface area contributed by atoms with Crippen LogP contribution in [0.25, 0.3) is 0 Å². The van der Waals surface area contributed by atoms with Crippen molar-refractivity contribution >= 4 is 33.7 Å². The zero-order valence-electron chi connectivity index (χ0n) is 10.8. The quantitative estimate of drug-likeness (QED) is 0.807. The van der Waals surface area contributed by atoms with E-state index >= 15 is 0 Å². The maximum absolute atomic E-state index is 10.9. The number of halogens is 1. The van der Waals surface area contributed by atoms with Gasteiger partial charge < -0.3 is 9.84 Å². The number of hydrogen-bond donors (Lipinski definition) is 1. The lowest BCUT2D eigenvalue weighted by Gasteiger charge is -2.07. The summed E-state index contributed by atoms with van der Waals surface area (Å²) in [5, 5.41) is 8.97. The van der Waals surface area contributed by atoms with E-state index in [0.717, 1.165) is 26.4 Å². The average Bonchev–Trinajstić information content (AvgIpc) is 2.46. The third kappa shape index (κ3) is 3.77. The van der Waals surface area contributed by atoms with Crippen LogP contribution >= 0.6 is 27.7 Å². The second kappa shape index (κ2) is 6.81. The highest BCUT2D eigenvalue weighted by Crippen LogP contribution is 2.29. The smallest absolute Gasteiger partial charge is 0.335 e. The van der Waals surface area contributed by atoms with Gasteiger partial charge in [-0.05, 0) is 42.0 Å². The monoisotopic (exact) mass is 352 g/mol. The Morgan fingerprint density at radius 2 is 2.10 bits per heavy atom. The molecule has 5 heteroatoms. The van der Waals surface area contributed by atoms with E-state index in [0.29, 0.717) is 5.56 Å². The van der Waals surface area contributed by atoms with Gasteiger partial charge in [0.25, 0.3) is 0 Å². The van der Waals surface area contributed by atoms with Crippen molar-refractivity contribution in [3.8, 4) is 5.75 Å². The lowest BCUT2D eigenvalue weighted by atomic mass is 10.2. The summed E-state index contributed by atoms with van der Waals surface area (Å²) in [6.07, 6.45) is 0. The molecular weight excluding hydrogens is 340 g/mol. The van der Waals surface area contributed by atoms with E-state index in [4.69, 9.17) is 9.84 Å². The summed E-state index contributed by atoms with van der Waals surface area (Å²) in [7, 11) is 1.64. The molecule has 0 spiro atoms. The molecule has 0 amide bonds. The Morgan fingerprint density at radius 3 is 2.80 bits per heavy atom. The summed E-state index contributed by atoms with van der Waals surface area (Å²) in [5.41, 5.74) is 1.41. The molecule has 2 aromatic carbocycles. The zero-order chi connectivity index (χ0) is 14.5. The Balaban J connectivity index is 2.12. The second-order valence-electron chi connectivity index (χ2n) is 4.08. The van der Waals surface area contributed by atoms with Crippen LogP contribution in [0, 0.1) is 0 Å². The summed E-state index contributed by atoms with van der Waals surface area (Å²) in [6.45, 7) is 0. The Labute approximate surface area is 130 Å². The number of carboxylic acids is 1. The maximum atomic E-state index is 10.9. The molecule has 0 saturated heterocycles. The first-order valence-corrected chi connectivity index (χ1v) is 7.66. The van der Waals surface area contributed by atoms with Crippen LogP contribution < -0.4 is 4.74 Å². The highest BCUT2D eigenvalue weighted by atomic mass is 79.9. The predicted octanol–water partition coefficient (Wildman–Crippen LogP) is 4.45. The summed E-state index contributed by atoms with van der Waals surface area (Å²) in [6, 6.07) is 12.7. The molecule has 0 aliphatic rings. The van der Waals surface area contributed by atoms with Crippen LogP contribution in [-0.4, -0.2) is 18.2 Å². The van der Waals surface area contributed by atoms with Gasteiger partial charge in [0, 0.05) is 15.1 Å². The molecule has 20 heavy (non-hydrogen) atoms. The molecule has 0 bridgehead atoms. The molecule has 0 heterocycles. The Kier molecular flexibility index (Phi) is 5.09. The third-order valence-electron chi connectivity index (χ3n) is 2.73. The first-order chi connectivity index (χ1) is 9.60. The minimum atomic E-state index is -0.907. The van der Waals surface area contributed by atoms with Gasteiger partial charge in [-0.15, -0.1) is 11.8 Å². The first-order valence-electron chi connectivity index (χ1n) is 5.88. The van der Waals surface area contributed by atoms with Crippen LogP contribution in [0.3, 0.4) is 0 Å². The van der Waals surface area contributed by atoms with E-state index in [9.17, 15) is 4.79 Å². The zero-order valence-corrected chi connectivity index (χ0v) is 13.2. The SMILES string of the molecule is COc1ccc(Br)c(CSc2cccc(C(=O)O)c2)c1. The molecular formula is C15H13BrO3S. The van der Waals surface area contributed by atoms with Gasteiger partial charge in [0.2, 0.25) is 0 Å². The number of ether oxygens (including phenoxy) is 1. The topological polar surface area (TPSA) is 46.5 Å². The van der Waals surface area contributed by atoms with Crippen molar-refractivity contribution in [3.63, 3.8) is 0 Å². The van der Waals surface area contributed by atoms with E-state index in [1.54, 1.807) is 37.1 Å². The van der Waals surface area contributed by atoms with Crippen molar-refractivity contribution in [2.24, 2.45) is 0 Å². The molecule has 0 aliphatic carbocycles. The number of methoxy groups -OCH3 is 1. The van der Waals surface area contributed by atoms with E-state index in [-0.39, 0.29) is 0 Å². The maximum Gasteiger partial charge on any atom is 0.335 e. The number of benzene rings is 2. The molecule has 0 radical (unpaired) electrons. The Hall–Kier alpha value is -1.46. The normalized spacial score (nSPS) is 10.3. The van der Waals surface area contributed by atoms with Gasteiger partial charge in [0.1, 0.15) is 5.75 Å². The van der Waals surface area contributed by atoms with E-state index in [1.165, 1.54) is 0 Å². The van der Waals surface area contributed by atoms with Gasteiger partial charge in [-0.1, -0.05) is 22.0 Å². The molecule has 2 aromatic rings. The lowest BCUT2D eigenvalue weighted by molar-refractivity contribution is 0.0696. The van der Waals surface area contributed by atoms with E-state index < -0.39 is 5.97 Å². The Morgan fingerprint density at radius 1 is 1.30 bits per heavy atom. The second-order valence-corrected chi connectivity index (χ2v) is 5.98. The fraction of sp³-hybridized carbons (Fsp3) is 0.133. The number of hydrogen-bond acceptors (Lipinski definition) is 3. The lowest BCUT2D eigenvalue weighted by Crippen LogP contribution is -1.95. The third-order valence-corrected chi connectivity index (χ3v) is 4.54. The molecule has 0 atom stereocenters. The van der Waals surface area contributed by atoms with Gasteiger partial charge in [0.15, 0.2) is 0 Å². The van der Waals surface area contributed by atoms with Crippen molar-refractivity contribution < 1.29 is 14.6 Å². The summed E-state index contributed by atoms with van der Waals surface area (Å²) in [4.78, 5) is 11.9. The number of carbonyl (C=O) groups is 1. The number of thioether (sulfide) groups is 1. The number of rotatable bonds is 5. The van der Waals surface area contributed by atoms with Gasteiger partial charge >= 0.3 is 5.97 Å². The molecule has 0 saturated carbocycles. The van der Waals surface area contributed by atoms with Crippen molar-refractivity contribution in [3.05, 3.63) is 58.1 Å². The molecule has 0 unspecified atom stereocenters. The van der Waals surface area contributed by atoms with Crippen molar-refractivity contribution in [2.75, 3.05) is 7.11 Å². The number of aromatic carboxylic acids is 1. The molecule has 1 N–H and O–H groups in total. The van der Waals surface area contributed by atoms with Crippen LogP contribution in [0.5, 0.6) is 5.75 Å². The Bertz CT molecular complexity index is 628. The van der Waals surface area contributed by atoms with Crippen LogP contribution in [0.1, 0.15) is 15.9 Å². The predicted molar refractivity (Wildman–Crippen MR) is 83.7 cm³/mol. The summed E-state index contributed by atoms with van der Waals surface area (Å²) < 4.78 is 6.22. The van der Waals surface area contributed by atoms with Crippen LogP contribution in [0.4, 0.5) is 0 Å². The molecule has 104 valence electrons. The molecule has 3 nitrogen and oxygen atoms in total. The van der Waals surface area contributed by atoms with Crippen molar-refractivity contribution in [1.82, 2.24) is 0 Å². The van der Waals surface area contributed by atoms with Gasteiger partial charge in [-0.2, -0.15) is 0 Å². The average molecular weight is 353 g/mol. The molecule has 0 fully saturated rings. The first kappa shape index (κ1) is 14.9. The van der Waals surface area contributed by atoms with Gasteiger partial charge in [-0.3, -0.25) is 0 Å². The molecule has 0 aliphatic heterocycles. The standard InChI is InChI=1S/C15H13BrO3S/c1-19-12-5-6-14(16)11(7-12)9-20-13-4-2-3-10(8-13)15(17)18/h2-8H,9H2,1H3,(H,17,18). The van der Waals surface area contributed by atoms with Gasteiger partial charge in [-0.25, -0.2) is 4.79 Å². The fourth-order valence-electron chi connectivity index (χ4n) is 1.67. The van der Waals surface area contributed by atoms with Crippen LogP contribution in [-0.2, 0) is 5.75 Å². The number of carboxylic acid groups (broad SMARTS) is 1. The van der Waals surface area contributed by atoms with Crippen molar-refractivity contribution in [2.45, 2.75) is 10.6 Å². The van der Waals surface area contributed by atoms with Crippen LogP contribution in [0.2, 0.25) is 0 Å². The minimum absolute atomic E-state index is 0.305. The van der Waals surface area contributed by atoms with Crippen molar-refractivity contribution in [1.29, 1.82) is 0 Å². The summed E-state index contributed by atoms with van der Waals surface area (Å²) in [5.74, 6) is 0.638. The van der Waals surface area contributed by atoms with Gasteiger partial charge in [0.05, 0.1) is 12.7 Å². The minimum Gasteiger partial charge on any atom is -0.497 e. The fourth-order valence-corrected chi connectivity index (χ4v) is 3.19. The molecule has 2 rings (SSSR count).